The summed E-state index contributed by atoms with van der Waals surface area (Å²) in [6.45, 7) is 1.00. The predicted octanol–water partition coefficient (Wildman–Crippen LogP) is 3.32. The Labute approximate surface area is 186 Å². The molecule has 4 aromatic rings. The van der Waals surface area contributed by atoms with Gasteiger partial charge in [0.2, 0.25) is 0 Å². The number of benzene rings is 2. The van der Waals surface area contributed by atoms with Crippen LogP contribution in [0, 0.1) is 30.3 Å². The molecule has 0 bridgehead atoms. The Morgan fingerprint density at radius 1 is 0.970 bits per heavy atom. The number of rotatable bonds is 6. The van der Waals surface area contributed by atoms with E-state index in [0.29, 0.717) is 22.2 Å². The van der Waals surface area contributed by atoms with Crippen molar-refractivity contribution in [2.24, 2.45) is 5.92 Å². The average molecular weight is 455 g/mol. The highest BCUT2D eigenvalue weighted by atomic mass is 19.1. The van der Waals surface area contributed by atoms with E-state index in [1.54, 1.807) is 6.92 Å². The predicted molar refractivity (Wildman–Crippen MR) is 117 cm³/mol. The summed E-state index contributed by atoms with van der Waals surface area (Å²) in [7, 11) is 0. The van der Waals surface area contributed by atoms with Crippen LogP contribution < -0.4 is 5.56 Å². The molecule has 33 heavy (non-hydrogen) atoms. The minimum absolute atomic E-state index is 0.0407. The van der Waals surface area contributed by atoms with Gasteiger partial charge in [-0.15, -0.1) is 0 Å². The molecule has 170 valence electrons. The zero-order chi connectivity index (χ0) is 23.7. The minimum Gasteiger partial charge on any atom is -0.396 e. The number of hydrogen-bond acceptors (Lipinski definition) is 5. The zero-order valence-electron chi connectivity index (χ0n) is 17.6. The summed E-state index contributed by atoms with van der Waals surface area (Å²) in [4.78, 5) is 21.7. The summed E-state index contributed by atoms with van der Waals surface area (Å²) in [6, 6.07) is 9.95. The van der Waals surface area contributed by atoms with Crippen molar-refractivity contribution in [3.63, 3.8) is 0 Å². The van der Waals surface area contributed by atoms with E-state index in [9.17, 15) is 28.2 Å². The number of fused-ring (bicyclic) bond motifs is 1. The van der Waals surface area contributed by atoms with Gasteiger partial charge in [-0.25, -0.2) is 23.1 Å². The molecule has 2 N–H and O–H groups in total. The third-order valence-corrected chi connectivity index (χ3v) is 5.39. The second-order valence-electron chi connectivity index (χ2n) is 7.70. The Morgan fingerprint density at radius 2 is 1.67 bits per heavy atom. The fraction of sp³-hybridized carbons (Fsp3) is 0.208. The van der Waals surface area contributed by atoms with Crippen LogP contribution in [0.2, 0.25) is 0 Å². The van der Waals surface area contributed by atoms with Gasteiger partial charge < -0.3 is 10.2 Å². The monoisotopic (exact) mass is 455 g/mol. The van der Waals surface area contributed by atoms with Gasteiger partial charge in [-0.2, -0.15) is 0 Å². The van der Waals surface area contributed by atoms with E-state index in [0.717, 1.165) is 22.8 Å². The van der Waals surface area contributed by atoms with E-state index < -0.39 is 34.6 Å². The van der Waals surface area contributed by atoms with Gasteiger partial charge in [-0.3, -0.25) is 9.36 Å². The molecule has 0 spiro atoms. The van der Waals surface area contributed by atoms with E-state index in [4.69, 9.17) is 0 Å². The molecule has 0 fully saturated rings. The van der Waals surface area contributed by atoms with Gasteiger partial charge in [-0.05, 0) is 48.9 Å². The Morgan fingerprint density at radius 3 is 2.30 bits per heavy atom. The van der Waals surface area contributed by atoms with Crippen LogP contribution in [0.5, 0.6) is 0 Å². The first-order valence-corrected chi connectivity index (χ1v) is 10.2. The van der Waals surface area contributed by atoms with Crippen LogP contribution in [0.1, 0.15) is 11.4 Å². The summed E-state index contributed by atoms with van der Waals surface area (Å²) in [5.74, 6) is -2.79. The van der Waals surface area contributed by atoms with Crippen LogP contribution in [0.4, 0.5) is 13.2 Å². The second-order valence-corrected chi connectivity index (χ2v) is 7.70. The van der Waals surface area contributed by atoms with Crippen LogP contribution in [-0.4, -0.2) is 38.0 Å². The first-order valence-electron chi connectivity index (χ1n) is 10.2. The molecule has 0 atom stereocenters. The molecule has 0 aliphatic heterocycles. The Balaban J connectivity index is 2.10. The summed E-state index contributed by atoms with van der Waals surface area (Å²) in [5.41, 5.74) is 0.0714. The molecule has 0 radical (unpaired) electrons. The summed E-state index contributed by atoms with van der Waals surface area (Å²) in [5, 5.41) is 19.3. The van der Waals surface area contributed by atoms with Gasteiger partial charge >= 0.3 is 0 Å². The second kappa shape index (κ2) is 9.13. The molecule has 2 aromatic carbocycles. The number of hydrogen-bond donors (Lipinski definition) is 2. The normalized spacial score (nSPS) is 11.5. The van der Waals surface area contributed by atoms with Crippen molar-refractivity contribution in [2.45, 2.75) is 13.3 Å². The number of aromatic nitrogens is 3. The quantitative estimate of drug-likeness (QED) is 0.466. The highest BCUT2D eigenvalue weighted by Crippen LogP contribution is 2.30. The van der Waals surface area contributed by atoms with E-state index in [2.05, 4.69) is 9.97 Å². The topological polar surface area (TPSA) is 88.2 Å². The minimum atomic E-state index is -0.951. The van der Waals surface area contributed by atoms with Crippen LogP contribution in [0.3, 0.4) is 0 Å². The summed E-state index contributed by atoms with van der Waals surface area (Å²) >= 11 is 0. The van der Waals surface area contributed by atoms with Gasteiger partial charge in [0.25, 0.3) is 5.56 Å². The highest BCUT2D eigenvalue weighted by molar-refractivity contribution is 5.92. The lowest BCUT2D eigenvalue weighted by atomic mass is 10.0. The molecule has 0 unspecified atom stereocenters. The average Bonchev–Trinajstić information content (AvgIpc) is 2.78. The van der Waals surface area contributed by atoms with Crippen molar-refractivity contribution in [1.29, 1.82) is 0 Å². The molecule has 0 saturated heterocycles. The number of aliphatic hydroxyl groups excluding tert-OH is 2. The number of aliphatic hydroxyl groups is 2. The maximum absolute atomic E-state index is 14.6. The lowest BCUT2D eigenvalue weighted by molar-refractivity contribution is 0.148. The van der Waals surface area contributed by atoms with Crippen molar-refractivity contribution >= 4 is 11.0 Å². The molecule has 0 amide bonds. The Kier molecular flexibility index (Phi) is 6.26. The third-order valence-electron chi connectivity index (χ3n) is 5.39. The van der Waals surface area contributed by atoms with Crippen LogP contribution in [-0.2, 0) is 6.42 Å². The largest absolute Gasteiger partial charge is 0.396 e. The van der Waals surface area contributed by atoms with Crippen molar-refractivity contribution in [2.75, 3.05) is 13.2 Å². The number of para-hydroxylation sites is 1. The maximum atomic E-state index is 14.6. The molecule has 0 aliphatic carbocycles. The number of aryl methyl sites for hydroxylation is 1. The SMILES string of the molecule is Cc1cc(F)ccc1-c1nc(CC(CO)CO)nc2c1ccc(=O)n2-c1c(F)cccc1F. The molecule has 0 saturated carbocycles. The Hall–Kier alpha value is -3.56. The molecule has 2 aromatic heterocycles. The number of halogens is 3. The fourth-order valence-corrected chi connectivity index (χ4v) is 3.71. The highest BCUT2D eigenvalue weighted by Gasteiger charge is 2.21. The van der Waals surface area contributed by atoms with Crippen molar-refractivity contribution in [3.05, 3.63) is 87.7 Å². The number of pyridine rings is 1. The molecular formula is C24H20F3N3O3. The first-order chi connectivity index (χ1) is 15.8. The van der Waals surface area contributed by atoms with E-state index >= 15 is 0 Å². The van der Waals surface area contributed by atoms with Gasteiger partial charge in [-0.1, -0.05) is 6.07 Å². The summed E-state index contributed by atoms with van der Waals surface area (Å²) < 4.78 is 43.9. The Bertz CT molecular complexity index is 1380. The van der Waals surface area contributed by atoms with Gasteiger partial charge in [0.05, 0.1) is 5.69 Å². The van der Waals surface area contributed by atoms with Crippen molar-refractivity contribution < 1.29 is 23.4 Å². The van der Waals surface area contributed by atoms with Gasteiger partial charge in [0.1, 0.15) is 29.0 Å². The van der Waals surface area contributed by atoms with Gasteiger partial charge in [0.15, 0.2) is 5.65 Å². The molecule has 9 heteroatoms. The van der Waals surface area contributed by atoms with Crippen LogP contribution in [0.25, 0.3) is 28.0 Å². The maximum Gasteiger partial charge on any atom is 0.256 e. The zero-order valence-corrected chi connectivity index (χ0v) is 17.6. The van der Waals surface area contributed by atoms with Crippen molar-refractivity contribution in [1.82, 2.24) is 14.5 Å². The van der Waals surface area contributed by atoms with E-state index in [-0.39, 0.29) is 31.1 Å². The van der Waals surface area contributed by atoms with Gasteiger partial charge in [0, 0.05) is 42.6 Å². The summed E-state index contributed by atoms with van der Waals surface area (Å²) in [6.07, 6.45) is 0.0407. The number of nitrogens with zero attached hydrogens (tertiary/aromatic N) is 3. The standard InChI is InChI=1S/C24H20F3N3O3/c1-13-9-15(25)5-6-16(13)22-17-7-8-21(33)30(23-18(26)3-2-4-19(23)27)24(17)29-20(28-22)10-14(11-31)12-32/h2-9,14,31-32H,10-12H2,1H3. The smallest absolute Gasteiger partial charge is 0.256 e. The fourth-order valence-electron chi connectivity index (χ4n) is 3.71. The van der Waals surface area contributed by atoms with Crippen molar-refractivity contribution in [3.8, 4) is 16.9 Å². The van der Waals surface area contributed by atoms with E-state index in [1.165, 1.54) is 30.3 Å². The molecule has 4 rings (SSSR count). The molecular weight excluding hydrogens is 435 g/mol. The lowest BCUT2D eigenvalue weighted by Crippen LogP contribution is -2.22. The first kappa shape index (κ1) is 22.6. The lowest BCUT2D eigenvalue weighted by Gasteiger charge is -2.17. The molecule has 0 aliphatic rings. The molecule has 2 heterocycles. The van der Waals surface area contributed by atoms with E-state index in [1.807, 2.05) is 0 Å². The van der Waals surface area contributed by atoms with Crippen LogP contribution >= 0.6 is 0 Å². The molecule has 6 nitrogen and oxygen atoms in total. The van der Waals surface area contributed by atoms with Crippen LogP contribution in [0.15, 0.2) is 53.3 Å². The third kappa shape index (κ3) is 4.24.